The molecule has 1 unspecified atom stereocenters. The van der Waals surface area contributed by atoms with E-state index in [1.165, 1.54) is 0 Å². The Kier molecular flexibility index (Phi) is 2.55. The maximum absolute atomic E-state index is 6.09. The van der Waals surface area contributed by atoms with Crippen molar-refractivity contribution in [1.82, 2.24) is 19.1 Å². The molecule has 0 saturated carbocycles. The summed E-state index contributed by atoms with van der Waals surface area (Å²) in [5.74, 6) is 0.990. The molecule has 0 aliphatic heterocycles. The number of aromatic nitrogens is 4. The van der Waals surface area contributed by atoms with Gasteiger partial charge in [-0.15, -0.1) is 0 Å². The lowest BCUT2D eigenvalue weighted by atomic mass is 10.1. The van der Waals surface area contributed by atoms with Gasteiger partial charge < -0.3 is 14.9 Å². The highest BCUT2D eigenvalue weighted by Crippen LogP contribution is 2.13. The lowest BCUT2D eigenvalue weighted by Crippen LogP contribution is -2.18. The molecule has 0 amide bonds. The van der Waals surface area contributed by atoms with Gasteiger partial charge in [-0.3, -0.25) is 0 Å². The van der Waals surface area contributed by atoms with E-state index in [0.29, 0.717) is 0 Å². The van der Waals surface area contributed by atoms with Gasteiger partial charge in [-0.1, -0.05) is 0 Å². The largest absolute Gasteiger partial charge is 0.338 e. The second kappa shape index (κ2) is 3.86. The summed E-state index contributed by atoms with van der Waals surface area (Å²) in [4.78, 5) is 8.30. The molecule has 1 atom stereocenters. The molecule has 2 heterocycles. The number of nitrogens with zero attached hydrogens (tertiary/aromatic N) is 4. The minimum Gasteiger partial charge on any atom is -0.338 e. The minimum atomic E-state index is -0.0569. The average molecular weight is 205 g/mol. The van der Waals surface area contributed by atoms with Gasteiger partial charge in [0.25, 0.3) is 0 Å². The standard InChI is InChI=1S/C10H15N5/c1-14-4-3-13-10(14)5-8(11)9-6-12-7-15(9)2/h3-4,6-8H,5,11H2,1-2H3. The van der Waals surface area contributed by atoms with Crippen LogP contribution in [0.5, 0.6) is 0 Å². The molecule has 0 fully saturated rings. The molecule has 0 aliphatic rings. The highest BCUT2D eigenvalue weighted by Gasteiger charge is 2.12. The van der Waals surface area contributed by atoms with Crippen LogP contribution in [0.1, 0.15) is 17.6 Å². The lowest BCUT2D eigenvalue weighted by Gasteiger charge is -2.11. The molecular weight excluding hydrogens is 190 g/mol. The molecule has 2 aromatic heterocycles. The number of nitrogens with two attached hydrogens (primary N) is 1. The fourth-order valence-electron chi connectivity index (χ4n) is 1.62. The van der Waals surface area contributed by atoms with Crippen LogP contribution in [-0.4, -0.2) is 19.1 Å². The number of aryl methyl sites for hydroxylation is 2. The van der Waals surface area contributed by atoms with E-state index in [9.17, 15) is 0 Å². The van der Waals surface area contributed by atoms with E-state index in [1.54, 1.807) is 18.7 Å². The van der Waals surface area contributed by atoms with Crippen LogP contribution in [0.4, 0.5) is 0 Å². The Balaban J connectivity index is 2.14. The summed E-state index contributed by atoms with van der Waals surface area (Å²) in [6.45, 7) is 0. The van der Waals surface area contributed by atoms with E-state index in [4.69, 9.17) is 5.73 Å². The zero-order valence-corrected chi connectivity index (χ0v) is 8.96. The van der Waals surface area contributed by atoms with Crippen molar-refractivity contribution in [2.75, 3.05) is 0 Å². The molecule has 2 aromatic rings. The van der Waals surface area contributed by atoms with E-state index in [2.05, 4.69) is 9.97 Å². The Labute approximate surface area is 88.6 Å². The second-order valence-corrected chi connectivity index (χ2v) is 3.69. The maximum Gasteiger partial charge on any atom is 0.110 e. The van der Waals surface area contributed by atoms with E-state index in [0.717, 1.165) is 17.9 Å². The second-order valence-electron chi connectivity index (χ2n) is 3.69. The Bertz CT molecular complexity index is 442. The zero-order valence-electron chi connectivity index (χ0n) is 8.96. The van der Waals surface area contributed by atoms with Crippen LogP contribution >= 0.6 is 0 Å². The molecule has 2 N–H and O–H groups in total. The predicted octanol–water partition coefficient (Wildman–Crippen LogP) is 0.396. The molecular formula is C10H15N5. The van der Waals surface area contributed by atoms with Crippen molar-refractivity contribution < 1.29 is 0 Å². The molecule has 0 aromatic carbocycles. The van der Waals surface area contributed by atoms with Crippen LogP contribution in [0, 0.1) is 0 Å². The molecule has 0 bridgehead atoms. The third-order valence-corrected chi connectivity index (χ3v) is 2.56. The summed E-state index contributed by atoms with van der Waals surface area (Å²) in [6, 6.07) is -0.0569. The van der Waals surface area contributed by atoms with Gasteiger partial charge in [0.1, 0.15) is 5.82 Å². The molecule has 80 valence electrons. The molecule has 0 aliphatic carbocycles. The van der Waals surface area contributed by atoms with Crippen LogP contribution in [0.15, 0.2) is 24.9 Å². The molecule has 2 rings (SSSR count). The van der Waals surface area contributed by atoms with Crippen molar-refractivity contribution in [1.29, 1.82) is 0 Å². The van der Waals surface area contributed by atoms with Crippen molar-refractivity contribution in [3.05, 3.63) is 36.4 Å². The smallest absolute Gasteiger partial charge is 0.110 e. The van der Waals surface area contributed by atoms with Gasteiger partial charge in [-0.25, -0.2) is 9.97 Å². The lowest BCUT2D eigenvalue weighted by molar-refractivity contribution is 0.618. The number of hydrogen-bond donors (Lipinski definition) is 1. The zero-order chi connectivity index (χ0) is 10.8. The maximum atomic E-state index is 6.09. The summed E-state index contributed by atoms with van der Waals surface area (Å²) in [6.07, 6.45) is 7.99. The van der Waals surface area contributed by atoms with Crippen molar-refractivity contribution in [3.63, 3.8) is 0 Å². The summed E-state index contributed by atoms with van der Waals surface area (Å²) in [7, 11) is 3.92. The van der Waals surface area contributed by atoms with Crippen molar-refractivity contribution in [2.24, 2.45) is 19.8 Å². The van der Waals surface area contributed by atoms with Crippen molar-refractivity contribution in [2.45, 2.75) is 12.5 Å². The molecule has 0 saturated heterocycles. The Morgan fingerprint density at radius 3 is 2.73 bits per heavy atom. The normalized spacial score (nSPS) is 13.0. The number of rotatable bonds is 3. The van der Waals surface area contributed by atoms with Crippen LogP contribution < -0.4 is 5.73 Å². The van der Waals surface area contributed by atoms with Gasteiger partial charge in [0, 0.05) is 39.1 Å². The quantitative estimate of drug-likeness (QED) is 0.788. The van der Waals surface area contributed by atoms with Crippen LogP contribution in [0.25, 0.3) is 0 Å². The van der Waals surface area contributed by atoms with Gasteiger partial charge in [0.05, 0.1) is 18.1 Å². The fourth-order valence-corrected chi connectivity index (χ4v) is 1.62. The van der Waals surface area contributed by atoms with Crippen LogP contribution in [0.2, 0.25) is 0 Å². The first-order valence-corrected chi connectivity index (χ1v) is 4.86. The van der Waals surface area contributed by atoms with Crippen molar-refractivity contribution >= 4 is 0 Å². The number of hydrogen-bond acceptors (Lipinski definition) is 3. The van der Waals surface area contributed by atoms with E-state index >= 15 is 0 Å². The molecule has 5 nitrogen and oxygen atoms in total. The Hall–Kier alpha value is -1.62. The Morgan fingerprint density at radius 1 is 1.40 bits per heavy atom. The Morgan fingerprint density at radius 2 is 2.20 bits per heavy atom. The highest BCUT2D eigenvalue weighted by atomic mass is 15.1. The predicted molar refractivity (Wildman–Crippen MR) is 57.0 cm³/mol. The van der Waals surface area contributed by atoms with Crippen LogP contribution in [-0.2, 0) is 20.5 Å². The fraction of sp³-hybridized carbons (Fsp3) is 0.400. The topological polar surface area (TPSA) is 61.7 Å². The summed E-state index contributed by atoms with van der Waals surface area (Å²) >= 11 is 0. The monoisotopic (exact) mass is 205 g/mol. The van der Waals surface area contributed by atoms with E-state index < -0.39 is 0 Å². The van der Waals surface area contributed by atoms with E-state index in [-0.39, 0.29) is 6.04 Å². The van der Waals surface area contributed by atoms with Gasteiger partial charge >= 0.3 is 0 Å². The first-order valence-electron chi connectivity index (χ1n) is 4.86. The van der Waals surface area contributed by atoms with Crippen LogP contribution in [0.3, 0.4) is 0 Å². The molecule has 15 heavy (non-hydrogen) atoms. The minimum absolute atomic E-state index is 0.0569. The third kappa shape index (κ3) is 1.92. The molecule has 0 radical (unpaired) electrons. The highest BCUT2D eigenvalue weighted by molar-refractivity contribution is 5.07. The van der Waals surface area contributed by atoms with Gasteiger partial charge in [-0.2, -0.15) is 0 Å². The summed E-state index contributed by atoms with van der Waals surface area (Å²) in [5, 5.41) is 0. The van der Waals surface area contributed by atoms with Gasteiger partial charge in [0.15, 0.2) is 0 Å². The molecule has 5 heteroatoms. The third-order valence-electron chi connectivity index (χ3n) is 2.56. The summed E-state index contributed by atoms with van der Waals surface area (Å²) < 4.78 is 3.92. The molecule has 0 spiro atoms. The first kappa shape index (κ1) is 9.92. The first-order chi connectivity index (χ1) is 7.18. The van der Waals surface area contributed by atoms with Crippen molar-refractivity contribution in [3.8, 4) is 0 Å². The average Bonchev–Trinajstić information content (AvgIpc) is 2.76. The van der Waals surface area contributed by atoms with Gasteiger partial charge in [0.2, 0.25) is 0 Å². The SMILES string of the molecule is Cn1cncc1C(N)Cc1nccn1C. The number of imidazole rings is 2. The summed E-state index contributed by atoms with van der Waals surface area (Å²) in [5.41, 5.74) is 7.11. The van der Waals surface area contributed by atoms with Gasteiger partial charge in [-0.05, 0) is 0 Å². The van der Waals surface area contributed by atoms with E-state index in [1.807, 2.05) is 29.4 Å².